The molecule has 0 bridgehead atoms. The van der Waals surface area contributed by atoms with Crippen molar-refractivity contribution < 1.29 is 0 Å². The molecule has 0 saturated heterocycles. The zero-order chi connectivity index (χ0) is 12.6. The predicted octanol–water partition coefficient (Wildman–Crippen LogP) is 5.12. The van der Waals surface area contributed by atoms with E-state index < -0.39 is 0 Å². The van der Waals surface area contributed by atoms with E-state index in [4.69, 9.17) is 0 Å². The monoisotopic (exact) mass is 258 g/mol. The molecule has 0 heterocycles. The Morgan fingerprint density at radius 3 is 2.67 bits per heavy atom. The van der Waals surface area contributed by atoms with E-state index in [1.807, 2.05) is 18.7 Å². The molecule has 96 valence electrons. The second-order valence-corrected chi connectivity index (χ2v) is 6.16. The zero-order valence-corrected chi connectivity index (χ0v) is 12.1. The normalized spacial score (nSPS) is 16.7. The van der Waals surface area contributed by atoms with Gasteiger partial charge >= 0.3 is 0 Å². The molecule has 0 radical (unpaired) electrons. The molecular formula is C17H22S. The molecule has 18 heavy (non-hydrogen) atoms. The molecule has 0 atom stereocenters. The average Bonchev–Trinajstić information content (AvgIpc) is 2.66. The lowest BCUT2D eigenvalue weighted by atomic mass is 10.0. The molecule has 0 amide bonds. The van der Waals surface area contributed by atoms with Gasteiger partial charge in [0.15, 0.2) is 0 Å². The van der Waals surface area contributed by atoms with Crippen LogP contribution in [0.4, 0.5) is 0 Å². The number of hydrogen-bond donors (Lipinski definition) is 0. The topological polar surface area (TPSA) is 0 Å². The number of hydrogen-bond acceptors (Lipinski definition) is 1. The highest BCUT2D eigenvalue weighted by molar-refractivity contribution is 7.99. The fourth-order valence-corrected chi connectivity index (χ4v) is 3.70. The summed E-state index contributed by atoms with van der Waals surface area (Å²) in [6.45, 7) is 1.89. The Morgan fingerprint density at radius 1 is 1.17 bits per heavy atom. The van der Waals surface area contributed by atoms with Gasteiger partial charge in [-0.3, -0.25) is 0 Å². The van der Waals surface area contributed by atoms with E-state index in [-0.39, 0.29) is 0 Å². The van der Waals surface area contributed by atoms with E-state index in [1.165, 1.54) is 49.2 Å². The van der Waals surface area contributed by atoms with Gasteiger partial charge in [-0.1, -0.05) is 37.7 Å². The van der Waals surface area contributed by atoms with Crippen LogP contribution < -0.4 is 0 Å². The molecule has 1 aliphatic rings. The van der Waals surface area contributed by atoms with Crippen LogP contribution in [0.2, 0.25) is 0 Å². The van der Waals surface area contributed by atoms with E-state index in [0.29, 0.717) is 0 Å². The first-order valence-electron chi connectivity index (χ1n) is 7.04. The Kier molecular flexibility index (Phi) is 5.68. The predicted molar refractivity (Wildman–Crippen MR) is 80.9 cm³/mol. The van der Waals surface area contributed by atoms with Gasteiger partial charge in [-0.05, 0) is 43.9 Å². The van der Waals surface area contributed by atoms with Gasteiger partial charge in [-0.2, -0.15) is 0 Å². The van der Waals surface area contributed by atoms with Crippen molar-refractivity contribution in [1.29, 1.82) is 0 Å². The van der Waals surface area contributed by atoms with E-state index >= 15 is 0 Å². The van der Waals surface area contributed by atoms with E-state index in [9.17, 15) is 0 Å². The highest BCUT2D eigenvalue weighted by Crippen LogP contribution is 2.29. The Morgan fingerprint density at radius 2 is 1.94 bits per heavy atom. The van der Waals surface area contributed by atoms with Crippen LogP contribution in [0.5, 0.6) is 0 Å². The average molecular weight is 258 g/mol. The molecule has 1 aliphatic carbocycles. The molecule has 1 saturated carbocycles. The first kappa shape index (κ1) is 13.6. The van der Waals surface area contributed by atoms with Crippen molar-refractivity contribution in [3.63, 3.8) is 0 Å². The van der Waals surface area contributed by atoms with Crippen molar-refractivity contribution in [2.24, 2.45) is 5.92 Å². The van der Waals surface area contributed by atoms with Crippen molar-refractivity contribution >= 4 is 11.8 Å². The fourth-order valence-electron chi connectivity index (χ4n) is 2.55. The van der Waals surface area contributed by atoms with E-state index in [1.54, 1.807) is 0 Å². The van der Waals surface area contributed by atoms with Gasteiger partial charge in [0.05, 0.1) is 0 Å². The molecule has 0 nitrogen and oxygen atoms in total. The Labute approximate surface area is 116 Å². The van der Waals surface area contributed by atoms with Crippen molar-refractivity contribution in [1.82, 2.24) is 0 Å². The van der Waals surface area contributed by atoms with Crippen LogP contribution in [0.25, 0.3) is 0 Å². The van der Waals surface area contributed by atoms with Crippen molar-refractivity contribution in [2.75, 3.05) is 5.75 Å². The van der Waals surface area contributed by atoms with Crippen LogP contribution in [0, 0.1) is 17.8 Å². The van der Waals surface area contributed by atoms with Gasteiger partial charge in [0.1, 0.15) is 0 Å². The number of benzene rings is 1. The highest BCUT2D eigenvalue weighted by Gasteiger charge is 2.12. The fraction of sp³-hybridized carbons (Fsp3) is 0.529. The molecule has 1 aromatic carbocycles. The lowest BCUT2D eigenvalue weighted by molar-refractivity contribution is 0.513. The molecule has 0 aliphatic heterocycles. The van der Waals surface area contributed by atoms with Crippen LogP contribution >= 0.6 is 11.8 Å². The van der Waals surface area contributed by atoms with Crippen LogP contribution in [0.3, 0.4) is 0 Å². The van der Waals surface area contributed by atoms with Gasteiger partial charge in [-0.25, -0.2) is 0 Å². The van der Waals surface area contributed by atoms with E-state index in [0.717, 1.165) is 11.5 Å². The molecule has 0 unspecified atom stereocenters. The summed E-state index contributed by atoms with van der Waals surface area (Å²) in [5.74, 6) is 8.31. The van der Waals surface area contributed by atoms with Gasteiger partial charge < -0.3 is 0 Å². The standard InChI is InChI=1S/C17H22S/c1-2-8-15-11-7-12-17(13-15)18-14-16-9-5-3-4-6-10-16/h7,11-13,16H,3-6,9-10,14H2,1H3. The molecular weight excluding hydrogens is 236 g/mol. The summed E-state index contributed by atoms with van der Waals surface area (Å²) < 4.78 is 0. The smallest absolute Gasteiger partial charge is 0.0256 e. The maximum Gasteiger partial charge on any atom is 0.0256 e. The molecule has 0 aromatic heterocycles. The Hall–Kier alpha value is -0.870. The van der Waals surface area contributed by atoms with Gasteiger partial charge in [0.25, 0.3) is 0 Å². The largest absolute Gasteiger partial charge is 0.126 e. The lowest BCUT2D eigenvalue weighted by Gasteiger charge is -2.13. The lowest BCUT2D eigenvalue weighted by Crippen LogP contribution is -2.01. The van der Waals surface area contributed by atoms with Crippen LogP contribution in [-0.2, 0) is 0 Å². The minimum atomic E-state index is 0.929. The molecule has 1 aromatic rings. The summed E-state index contributed by atoms with van der Waals surface area (Å²) >= 11 is 2.01. The Bertz CT molecular complexity index is 417. The number of thioether (sulfide) groups is 1. The first-order chi connectivity index (χ1) is 8.88. The van der Waals surface area contributed by atoms with Gasteiger partial charge in [0, 0.05) is 16.2 Å². The maximum absolute atomic E-state index is 3.13. The third-order valence-electron chi connectivity index (χ3n) is 3.56. The molecule has 0 spiro atoms. The second-order valence-electron chi connectivity index (χ2n) is 5.07. The summed E-state index contributed by atoms with van der Waals surface area (Å²) in [5.41, 5.74) is 1.14. The van der Waals surface area contributed by atoms with Crippen LogP contribution in [0.15, 0.2) is 29.2 Å². The quantitative estimate of drug-likeness (QED) is 0.412. The van der Waals surface area contributed by atoms with Crippen LogP contribution in [-0.4, -0.2) is 5.75 Å². The minimum Gasteiger partial charge on any atom is -0.126 e. The summed E-state index contributed by atoms with van der Waals surface area (Å²) in [4.78, 5) is 1.37. The van der Waals surface area contributed by atoms with Crippen molar-refractivity contribution in [3.05, 3.63) is 29.8 Å². The molecule has 2 rings (SSSR count). The maximum atomic E-state index is 3.13. The van der Waals surface area contributed by atoms with Crippen molar-refractivity contribution in [3.8, 4) is 11.8 Å². The molecule has 1 heteroatoms. The zero-order valence-electron chi connectivity index (χ0n) is 11.2. The summed E-state index contributed by atoms with van der Waals surface area (Å²) in [5, 5.41) is 0. The second kappa shape index (κ2) is 7.54. The minimum absolute atomic E-state index is 0.929. The first-order valence-corrected chi connectivity index (χ1v) is 8.02. The SMILES string of the molecule is CC#Cc1cccc(SCC2CCCCCC2)c1. The summed E-state index contributed by atoms with van der Waals surface area (Å²) in [6, 6.07) is 8.64. The third-order valence-corrected chi connectivity index (χ3v) is 4.79. The number of rotatable bonds is 3. The van der Waals surface area contributed by atoms with E-state index in [2.05, 4.69) is 36.1 Å². The Balaban J connectivity index is 1.88. The summed E-state index contributed by atoms with van der Waals surface area (Å²) in [6.07, 6.45) is 8.63. The van der Waals surface area contributed by atoms with Gasteiger partial charge in [0.2, 0.25) is 0 Å². The molecule has 0 N–H and O–H groups in total. The van der Waals surface area contributed by atoms with Crippen molar-refractivity contribution in [2.45, 2.75) is 50.3 Å². The molecule has 1 fully saturated rings. The third kappa shape index (κ3) is 4.42. The highest BCUT2D eigenvalue weighted by atomic mass is 32.2. The van der Waals surface area contributed by atoms with Gasteiger partial charge in [-0.15, -0.1) is 17.7 Å². The van der Waals surface area contributed by atoms with Crippen LogP contribution in [0.1, 0.15) is 51.0 Å². The summed E-state index contributed by atoms with van der Waals surface area (Å²) in [7, 11) is 0.